The average Bonchev–Trinajstić information content (AvgIpc) is 2.75. The molecule has 1 atom stereocenters. The zero-order valence-electron chi connectivity index (χ0n) is 11.3. The molecule has 1 N–H and O–H groups in total. The highest BCUT2D eigenvalue weighted by Gasteiger charge is 2.53. The van der Waals surface area contributed by atoms with Crippen LogP contribution in [0.1, 0.15) is 6.42 Å². The third-order valence-electron chi connectivity index (χ3n) is 3.24. The number of hydrogen-bond donors (Lipinski definition) is 1. The van der Waals surface area contributed by atoms with Crippen LogP contribution >= 0.6 is 0 Å². The number of sulfonamides is 1. The van der Waals surface area contributed by atoms with Crippen molar-refractivity contribution in [1.82, 2.24) is 4.31 Å². The van der Waals surface area contributed by atoms with E-state index in [1.54, 1.807) is 0 Å². The van der Waals surface area contributed by atoms with Gasteiger partial charge in [-0.25, -0.2) is 21.6 Å². The molecule has 22 heavy (non-hydrogen) atoms. The molecule has 1 saturated heterocycles. The third kappa shape index (κ3) is 2.88. The summed E-state index contributed by atoms with van der Waals surface area (Å²) in [7, 11) is -3.40. The van der Waals surface area contributed by atoms with Gasteiger partial charge in [0.15, 0.2) is 11.6 Å². The van der Waals surface area contributed by atoms with Crippen molar-refractivity contribution in [1.29, 1.82) is 0 Å². The molecule has 1 aliphatic rings. The van der Waals surface area contributed by atoms with Crippen molar-refractivity contribution in [3.05, 3.63) is 24.0 Å². The van der Waals surface area contributed by atoms with Gasteiger partial charge in [0.2, 0.25) is 10.0 Å². The Labute approximate surface area is 124 Å². The van der Waals surface area contributed by atoms with Crippen molar-refractivity contribution in [2.24, 2.45) is 0 Å². The molecule has 0 aromatic heterocycles. The van der Waals surface area contributed by atoms with Gasteiger partial charge in [-0.05, 0) is 18.2 Å². The molecular weight excluding hydrogens is 327 g/mol. The normalized spacial score (nSPS) is 21.7. The lowest BCUT2D eigenvalue weighted by atomic mass is 10.2. The Hall–Kier alpha value is -1.81. The average molecular weight is 339 g/mol. The predicted octanol–water partition coefficient (Wildman–Crippen LogP) is 1.32. The molecule has 0 bridgehead atoms. The maximum absolute atomic E-state index is 13.6. The van der Waals surface area contributed by atoms with Gasteiger partial charge in [0.05, 0.1) is 18.6 Å². The van der Waals surface area contributed by atoms with Crippen LogP contribution < -0.4 is 4.74 Å². The molecule has 122 valence electrons. The van der Waals surface area contributed by atoms with Gasteiger partial charge in [-0.1, -0.05) is 0 Å². The Morgan fingerprint density at radius 3 is 2.59 bits per heavy atom. The maximum Gasteiger partial charge on any atom is 0.322 e. The molecular formula is C12H12F3NO5S. The number of hydrogen-bond acceptors (Lipinski definition) is 4. The van der Waals surface area contributed by atoms with Crippen molar-refractivity contribution in [2.45, 2.75) is 23.3 Å². The highest BCUT2D eigenvalue weighted by molar-refractivity contribution is 7.89. The fourth-order valence-corrected chi connectivity index (χ4v) is 3.82. The first-order valence-electron chi connectivity index (χ1n) is 6.04. The molecule has 1 aliphatic heterocycles. The Kier molecular flexibility index (Phi) is 4.09. The highest BCUT2D eigenvalue weighted by atomic mass is 32.2. The summed E-state index contributed by atoms with van der Waals surface area (Å²) in [5.74, 6) is -6.36. The van der Waals surface area contributed by atoms with Crippen LogP contribution in [0.25, 0.3) is 0 Å². The topological polar surface area (TPSA) is 83.9 Å². The molecule has 1 fully saturated rings. The molecule has 0 spiro atoms. The lowest BCUT2D eigenvalue weighted by molar-refractivity contribution is -0.141. The first kappa shape index (κ1) is 16.6. The summed E-state index contributed by atoms with van der Waals surface area (Å²) >= 11 is 0. The van der Waals surface area contributed by atoms with Gasteiger partial charge in [-0.3, -0.25) is 4.79 Å². The second kappa shape index (κ2) is 5.43. The molecule has 0 radical (unpaired) electrons. The van der Waals surface area contributed by atoms with E-state index in [1.807, 2.05) is 0 Å². The first-order chi connectivity index (χ1) is 10.1. The van der Waals surface area contributed by atoms with Crippen molar-refractivity contribution in [3.8, 4) is 5.75 Å². The predicted molar refractivity (Wildman–Crippen MR) is 67.8 cm³/mol. The summed E-state index contributed by atoms with van der Waals surface area (Å²) < 4.78 is 69.8. The summed E-state index contributed by atoms with van der Waals surface area (Å²) in [5.41, 5.74) is 0. The second-order valence-electron chi connectivity index (χ2n) is 4.76. The summed E-state index contributed by atoms with van der Waals surface area (Å²) in [6.07, 6.45) is -1.12. The van der Waals surface area contributed by atoms with E-state index in [0.29, 0.717) is 6.07 Å². The summed E-state index contributed by atoms with van der Waals surface area (Å²) in [4.78, 5) is 10.4. The van der Waals surface area contributed by atoms with E-state index in [0.717, 1.165) is 12.1 Å². The van der Waals surface area contributed by atoms with Crippen molar-refractivity contribution in [2.75, 3.05) is 13.7 Å². The van der Waals surface area contributed by atoms with Gasteiger partial charge in [-0.15, -0.1) is 0 Å². The van der Waals surface area contributed by atoms with Crippen molar-refractivity contribution >= 4 is 16.0 Å². The zero-order valence-corrected chi connectivity index (χ0v) is 12.1. The molecule has 6 nitrogen and oxygen atoms in total. The number of methoxy groups -OCH3 is 1. The molecule has 0 amide bonds. The molecule has 1 aromatic rings. The van der Waals surface area contributed by atoms with Gasteiger partial charge >= 0.3 is 5.97 Å². The number of ether oxygens (including phenoxy) is 1. The molecule has 0 unspecified atom stereocenters. The second-order valence-corrected chi connectivity index (χ2v) is 6.65. The minimum absolute atomic E-state index is 0.177. The van der Waals surface area contributed by atoms with Gasteiger partial charge < -0.3 is 9.84 Å². The van der Waals surface area contributed by atoms with Crippen LogP contribution in [-0.2, 0) is 14.8 Å². The number of aliphatic carboxylic acids is 1. The lowest BCUT2D eigenvalue weighted by Gasteiger charge is -2.20. The van der Waals surface area contributed by atoms with Gasteiger partial charge in [0.1, 0.15) is 6.04 Å². The summed E-state index contributed by atoms with van der Waals surface area (Å²) in [6.45, 7) is -1.26. The zero-order chi connectivity index (χ0) is 16.7. The fourth-order valence-electron chi connectivity index (χ4n) is 2.19. The largest absolute Gasteiger partial charge is 0.494 e. The minimum atomic E-state index is -4.57. The van der Waals surface area contributed by atoms with E-state index in [9.17, 15) is 26.4 Å². The number of carboxylic acids is 1. The van der Waals surface area contributed by atoms with Crippen molar-refractivity contribution < 1.29 is 36.2 Å². The van der Waals surface area contributed by atoms with Crippen LogP contribution in [0.15, 0.2) is 23.1 Å². The van der Waals surface area contributed by atoms with Crippen molar-refractivity contribution in [3.63, 3.8) is 0 Å². The smallest absolute Gasteiger partial charge is 0.322 e. The quantitative estimate of drug-likeness (QED) is 0.894. The number of carboxylic acid groups (broad SMARTS) is 1. The monoisotopic (exact) mass is 339 g/mol. The highest BCUT2D eigenvalue weighted by Crippen LogP contribution is 2.36. The molecule has 1 heterocycles. The van der Waals surface area contributed by atoms with E-state index < -0.39 is 51.6 Å². The molecule has 0 saturated carbocycles. The SMILES string of the molecule is COc1ccc(S(=O)(=O)N2CC(F)(F)C[C@@H]2C(=O)O)cc1F. The molecule has 1 aromatic carbocycles. The van der Waals surface area contributed by atoms with Gasteiger partial charge in [0.25, 0.3) is 5.92 Å². The van der Waals surface area contributed by atoms with E-state index >= 15 is 0 Å². The minimum Gasteiger partial charge on any atom is -0.494 e. The summed E-state index contributed by atoms with van der Waals surface area (Å²) in [6, 6.07) is 0.688. The lowest BCUT2D eigenvalue weighted by Crippen LogP contribution is -2.40. The van der Waals surface area contributed by atoms with Gasteiger partial charge in [-0.2, -0.15) is 4.31 Å². The van der Waals surface area contributed by atoms with Crippen LogP contribution in [-0.4, -0.2) is 49.4 Å². The first-order valence-corrected chi connectivity index (χ1v) is 7.48. The van der Waals surface area contributed by atoms with E-state index in [2.05, 4.69) is 4.74 Å². The third-order valence-corrected chi connectivity index (χ3v) is 5.09. The van der Waals surface area contributed by atoms with Crippen LogP contribution in [0.5, 0.6) is 5.75 Å². The number of halogens is 3. The van der Waals surface area contributed by atoms with E-state index in [4.69, 9.17) is 5.11 Å². The Morgan fingerprint density at radius 1 is 1.45 bits per heavy atom. The Morgan fingerprint density at radius 2 is 2.09 bits per heavy atom. The van der Waals surface area contributed by atoms with Crippen LogP contribution in [0.2, 0.25) is 0 Å². The maximum atomic E-state index is 13.6. The molecule has 2 rings (SSSR count). The van der Waals surface area contributed by atoms with Gasteiger partial charge in [0, 0.05) is 6.42 Å². The Bertz CT molecular complexity index is 707. The summed E-state index contributed by atoms with van der Waals surface area (Å²) in [5, 5.41) is 8.93. The molecule has 0 aliphatic carbocycles. The standard InChI is InChI=1S/C12H12F3NO5S/c1-21-10-3-2-7(4-8(10)13)22(19,20)16-6-12(14,15)5-9(16)11(17)18/h2-4,9H,5-6H2,1H3,(H,17,18)/t9-/m1/s1. The van der Waals surface area contributed by atoms with Crippen LogP contribution in [0.3, 0.4) is 0 Å². The van der Waals surface area contributed by atoms with E-state index in [1.165, 1.54) is 7.11 Å². The number of carbonyl (C=O) groups is 1. The Balaban J connectivity index is 2.45. The number of benzene rings is 1. The number of nitrogens with zero attached hydrogens (tertiary/aromatic N) is 1. The van der Waals surface area contributed by atoms with Crippen LogP contribution in [0.4, 0.5) is 13.2 Å². The molecule has 10 heteroatoms. The number of rotatable bonds is 4. The number of alkyl halides is 2. The van der Waals surface area contributed by atoms with Crippen LogP contribution in [0, 0.1) is 5.82 Å². The van der Waals surface area contributed by atoms with E-state index in [-0.39, 0.29) is 10.1 Å². The fraction of sp³-hybridized carbons (Fsp3) is 0.417.